The lowest BCUT2D eigenvalue weighted by molar-refractivity contribution is -0.137. The van der Waals surface area contributed by atoms with Crippen molar-refractivity contribution in [3.8, 4) is 0 Å². The number of aliphatic carboxylic acids is 1. The lowest BCUT2D eigenvalue weighted by Crippen LogP contribution is -1.93. The van der Waals surface area contributed by atoms with Gasteiger partial charge in [0, 0.05) is 6.42 Å². The van der Waals surface area contributed by atoms with Gasteiger partial charge in [-0.3, -0.25) is 4.79 Å². The first kappa shape index (κ1) is 20.2. The number of carboxylic acids is 1. The van der Waals surface area contributed by atoms with E-state index in [1.807, 2.05) is 0 Å². The van der Waals surface area contributed by atoms with Crippen molar-refractivity contribution in [2.24, 2.45) is 5.92 Å². The van der Waals surface area contributed by atoms with Gasteiger partial charge in [0.2, 0.25) is 0 Å². The lowest BCUT2D eigenvalue weighted by atomic mass is 9.98. The van der Waals surface area contributed by atoms with E-state index < -0.39 is 5.97 Å². The largest absolute Gasteiger partial charge is 0.481 e. The van der Waals surface area contributed by atoms with Crippen LogP contribution >= 0.6 is 0 Å². The maximum Gasteiger partial charge on any atom is 0.303 e. The third kappa shape index (κ3) is 17.2. The summed E-state index contributed by atoms with van der Waals surface area (Å²) >= 11 is 0. The Labute approximate surface area is 132 Å². The number of carboxylic acid groups (broad SMARTS) is 1. The van der Waals surface area contributed by atoms with Gasteiger partial charge in [-0.05, 0) is 31.6 Å². The van der Waals surface area contributed by atoms with Crippen molar-refractivity contribution in [3.05, 3.63) is 12.2 Å². The zero-order valence-corrected chi connectivity index (χ0v) is 14.3. The van der Waals surface area contributed by atoms with E-state index in [-0.39, 0.29) is 0 Å². The minimum absolute atomic E-state index is 0.318. The molecule has 0 unspecified atom stereocenters. The van der Waals surface area contributed by atoms with E-state index in [4.69, 9.17) is 5.11 Å². The van der Waals surface area contributed by atoms with Gasteiger partial charge in [0.15, 0.2) is 0 Å². The second-order valence-corrected chi connectivity index (χ2v) is 6.36. The molecule has 1 atom stereocenters. The molecule has 124 valence electrons. The molecule has 0 rings (SSSR count). The summed E-state index contributed by atoms with van der Waals surface area (Å²) in [5.41, 5.74) is 0. The van der Waals surface area contributed by atoms with E-state index in [2.05, 4.69) is 26.0 Å². The smallest absolute Gasteiger partial charge is 0.303 e. The summed E-state index contributed by atoms with van der Waals surface area (Å²) in [5.74, 6) is 0.133. The second-order valence-electron chi connectivity index (χ2n) is 6.36. The molecule has 2 heteroatoms. The van der Waals surface area contributed by atoms with E-state index in [9.17, 15) is 4.79 Å². The quantitative estimate of drug-likeness (QED) is 0.282. The topological polar surface area (TPSA) is 37.3 Å². The summed E-state index contributed by atoms with van der Waals surface area (Å²) in [6.45, 7) is 4.61. The van der Waals surface area contributed by atoms with Crippen LogP contribution in [0.15, 0.2) is 12.2 Å². The van der Waals surface area contributed by atoms with Crippen LogP contribution in [0.1, 0.15) is 97.3 Å². The van der Waals surface area contributed by atoms with Gasteiger partial charge in [-0.1, -0.05) is 77.4 Å². The summed E-state index contributed by atoms with van der Waals surface area (Å²) in [6.07, 6.45) is 19.9. The molecule has 0 spiro atoms. The number of unbranched alkanes of at least 4 members (excludes halogenated alkanes) is 8. The Morgan fingerprint density at radius 2 is 1.62 bits per heavy atom. The summed E-state index contributed by atoms with van der Waals surface area (Å²) < 4.78 is 0. The van der Waals surface area contributed by atoms with E-state index >= 15 is 0 Å². The molecule has 0 aromatic heterocycles. The van der Waals surface area contributed by atoms with Crippen LogP contribution in [0.3, 0.4) is 0 Å². The van der Waals surface area contributed by atoms with Crippen molar-refractivity contribution in [2.75, 3.05) is 0 Å². The van der Waals surface area contributed by atoms with Gasteiger partial charge in [-0.15, -0.1) is 0 Å². The SMILES string of the molecule is CCCCCCCC[C@@H](C)C/C=C/CCCCCC(=O)O. The highest BCUT2D eigenvalue weighted by molar-refractivity contribution is 5.66. The van der Waals surface area contributed by atoms with Crippen LogP contribution in [0.5, 0.6) is 0 Å². The third-order valence-electron chi connectivity index (χ3n) is 4.02. The Morgan fingerprint density at radius 3 is 2.33 bits per heavy atom. The molecule has 1 N–H and O–H groups in total. The molecule has 0 amide bonds. The number of hydrogen-bond acceptors (Lipinski definition) is 1. The molecule has 0 aromatic carbocycles. The summed E-state index contributed by atoms with van der Waals surface area (Å²) in [7, 11) is 0. The molecule has 0 aliphatic heterocycles. The number of hydrogen-bond donors (Lipinski definition) is 1. The Morgan fingerprint density at radius 1 is 0.952 bits per heavy atom. The maximum atomic E-state index is 10.4. The summed E-state index contributed by atoms with van der Waals surface area (Å²) in [6, 6.07) is 0. The minimum atomic E-state index is -0.672. The highest BCUT2D eigenvalue weighted by Gasteiger charge is 1.99. The molecule has 0 radical (unpaired) electrons. The molecule has 0 bridgehead atoms. The van der Waals surface area contributed by atoms with Crippen LogP contribution in [-0.4, -0.2) is 11.1 Å². The van der Waals surface area contributed by atoms with Crippen molar-refractivity contribution in [1.29, 1.82) is 0 Å². The zero-order chi connectivity index (χ0) is 15.8. The molecule has 0 saturated heterocycles. The van der Waals surface area contributed by atoms with E-state index in [0.29, 0.717) is 6.42 Å². The van der Waals surface area contributed by atoms with Crippen LogP contribution in [0.25, 0.3) is 0 Å². The van der Waals surface area contributed by atoms with Gasteiger partial charge in [-0.2, -0.15) is 0 Å². The minimum Gasteiger partial charge on any atom is -0.481 e. The first-order valence-corrected chi connectivity index (χ1v) is 9.03. The predicted octanol–water partition coefficient (Wildman–Crippen LogP) is 6.35. The van der Waals surface area contributed by atoms with Crippen molar-refractivity contribution in [2.45, 2.75) is 97.3 Å². The Kier molecular flexibility index (Phi) is 15.0. The Balaban J connectivity index is 3.29. The highest BCUT2D eigenvalue weighted by Crippen LogP contribution is 2.15. The fourth-order valence-corrected chi connectivity index (χ4v) is 2.55. The molecule has 0 heterocycles. The molecule has 0 aliphatic rings. The number of rotatable bonds is 15. The summed E-state index contributed by atoms with van der Waals surface area (Å²) in [4.78, 5) is 10.4. The van der Waals surface area contributed by atoms with Crippen LogP contribution in [0, 0.1) is 5.92 Å². The Bertz CT molecular complexity index is 258. The van der Waals surface area contributed by atoms with E-state index in [0.717, 1.165) is 31.6 Å². The molecule has 0 saturated carbocycles. The van der Waals surface area contributed by atoms with Crippen molar-refractivity contribution >= 4 is 5.97 Å². The molecule has 2 nitrogen and oxygen atoms in total. The fraction of sp³-hybridized carbons (Fsp3) is 0.842. The van der Waals surface area contributed by atoms with Crippen molar-refractivity contribution in [1.82, 2.24) is 0 Å². The first-order valence-electron chi connectivity index (χ1n) is 9.03. The zero-order valence-electron chi connectivity index (χ0n) is 14.3. The van der Waals surface area contributed by atoms with Gasteiger partial charge in [0.1, 0.15) is 0 Å². The molecule has 0 aliphatic carbocycles. The van der Waals surface area contributed by atoms with Gasteiger partial charge in [-0.25, -0.2) is 0 Å². The monoisotopic (exact) mass is 296 g/mol. The normalized spacial score (nSPS) is 12.9. The van der Waals surface area contributed by atoms with Crippen molar-refractivity contribution in [3.63, 3.8) is 0 Å². The standard InChI is InChI=1S/C19H36O2/c1-3-4-5-6-9-12-15-18(2)16-13-10-7-8-11-14-17-19(20)21/h10,13,18H,3-9,11-12,14-17H2,1-2H3,(H,20,21)/b13-10+/t18-/m1/s1. The molecule has 21 heavy (non-hydrogen) atoms. The molecule has 0 fully saturated rings. The average molecular weight is 296 g/mol. The van der Waals surface area contributed by atoms with Crippen LogP contribution < -0.4 is 0 Å². The van der Waals surface area contributed by atoms with Gasteiger partial charge >= 0.3 is 5.97 Å². The summed E-state index contributed by atoms with van der Waals surface area (Å²) in [5, 5.41) is 8.53. The molecular formula is C19H36O2. The average Bonchev–Trinajstić information content (AvgIpc) is 2.45. The Hall–Kier alpha value is -0.790. The van der Waals surface area contributed by atoms with Crippen LogP contribution in [0.4, 0.5) is 0 Å². The van der Waals surface area contributed by atoms with Gasteiger partial charge < -0.3 is 5.11 Å². The van der Waals surface area contributed by atoms with Crippen LogP contribution in [-0.2, 0) is 4.79 Å². The third-order valence-corrected chi connectivity index (χ3v) is 4.02. The van der Waals surface area contributed by atoms with E-state index in [1.54, 1.807) is 0 Å². The van der Waals surface area contributed by atoms with Gasteiger partial charge in [0.05, 0.1) is 0 Å². The highest BCUT2D eigenvalue weighted by atomic mass is 16.4. The number of carbonyl (C=O) groups is 1. The lowest BCUT2D eigenvalue weighted by Gasteiger charge is -2.08. The number of allylic oxidation sites excluding steroid dienone is 2. The predicted molar refractivity (Wildman–Crippen MR) is 91.6 cm³/mol. The fourth-order valence-electron chi connectivity index (χ4n) is 2.55. The second kappa shape index (κ2) is 15.6. The van der Waals surface area contributed by atoms with Gasteiger partial charge in [0.25, 0.3) is 0 Å². The van der Waals surface area contributed by atoms with E-state index in [1.165, 1.54) is 51.4 Å². The van der Waals surface area contributed by atoms with Crippen LogP contribution in [0.2, 0.25) is 0 Å². The first-order chi connectivity index (χ1) is 10.2. The maximum absolute atomic E-state index is 10.4. The molecule has 0 aromatic rings. The molecular weight excluding hydrogens is 260 g/mol. The van der Waals surface area contributed by atoms with Crippen molar-refractivity contribution < 1.29 is 9.90 Å².